The number of aryl methyl sites for hydroxylation is 1. The Morgan fingerprint density at radius 2 is 1.94 bits per heavy atom. The molecule has 0 bridgehead atoms. The van der Waals surface area contributed by atoms with Crippen LogP contribution in [0.2, 0.25) is 0 Å². The molecule has 0 N–H and O–H groups in total. The molecule has 7 nitrogen and oxygen atoms in total. The van der Waals surface area contributed by atoms with Gasteiger partial charge in [0.25, 0.3) is 0 Å². The highest BCUT2D eigenvalue weighted by Gasteiger charge is 2.39. The fraction of sp³-hybridized carbons (Fsp3) is 0.375. The maximum absolute atomic E-state index is 13.1. The Labute approximate surface area is 181 Å². The summed E-state index contributed by atoms with van der Waals surface area (Å²) in [5, 5.41) is 8.40. The molecule has 1 amide bonds. The van der Waals surface area contributed by atoms with Crippen LogP contribution in [0.3, 0.4) is 0 Å². The summed E-state index contributed by atoms with van der Waals surface area (Å²) in [6.45, 7) is 2.13. The molecule has 0 saturated heterocycles. The van der Waals surface area contributed by atoms with Crippen LogP contribution < -0.4 is 14.4 Å². The zero-order valence-corrected chi connectivity index (χ0v) is 18.0. The van der Waals surface area contributed by atoms with E-state index in [-0.39, 0.29) is 17.9 Å². The van der Waals surface area contributed by atoms with E-state index in [1.807, 2.05) is 54.5 Å². The number of aromatic nitrogens is 3. The Kier molecular flexibility index (Phi) is 4.88. The molecule has 1 saturated carbocycles. The van der Waals surface area contributed by atoms with E-state index < -0.39 is 0 Å². The second-order valence-electron chi connectivity index (χ2n) is 8.37. The smallest absolute Gasteiger partial charge is 0.230 e. The van der Waals surface area contributed by atoms with Gasteiger partial charge in [0, 0.05) is 36.2 Å². The number of amides is 1. The highest BCUT2D eigenvalue weighted by Crippen LogP contribution is 2.46. The maximum atomic E-state index is 13.1. The summed E-state index contributed by atoms with van der Waals surface area (Å²) in [6.07, 6.45) is 5.57. The SMILES string of the molecule is COc1cccc(Oc2c(-c3cn(C)nn3)ccc3c2CCC(C)N3C(=O)C2CC2)c1. The van der Waals surface area contributed by atoms with E-state index in [1.165, 1.54) is 0 Å². The number of carbonyl (C=O) groups is 1. The van der Waals surface area contributed by atoms with E-state index in [9.17, 15) is 4.79 Å². The molecule has 1 aliphatic heterocycles. The monoisotopic (exact) mass is 418 g/mol. The zero-order chi connectivity index (χ0) is 21.5. The fourth-order valence-corrected chi connectivity index (χ4v) is 4.24. The Morgan fingerprint density at radius 1 is 1.13 bits per heavy atom. The second kappa shape index (κ2) is 7.72. The molecule has 1 aromatic heterocycles. The molecule has 31 heavy (non-hydrogen) atoms. The van der Waals surface area contributed by atoms with Gasteiger partial charge in [0.15, 0.2) is 0 Å². The number of rotatable bonds is 5. The Morgan fingerprint density at radius 3 is 2.65 bits per heavy atom. The van der Waals surface area contributed by atoms with Crippen molar-refractivity contribution in [1.82, 2.24) is 15.0 Å². The van der Waals surface area contributed by atoms with Crippen molar-refractivity contribution >= 4 is 11.6 Å². The van der Waals surface area contributed by atoms with Gasteiger partial charge in [-0.3, -0.25) is 9.48 Å². The fourth-order valence-electron chi connectivity index (χ4n) is 4.24. The topological polar surface area (TPSA) is 69.5 Å². The summed E-state index contributed by atoms with van der Waals surface area (Å²) in [5.74, 6) is 2.52. The molecule has 1 fully saturated rings. The van der Waals surface area contributed by atoms with E-state index in [1.54, 1.807) is 11.8 Å². The van der Waals surface area contributed by atoms with Crippen LogP contribution in [-0.4, -0.2) is 34.1 Å². The third kappa shape index (κ3) is 3.65. The minimum absolute atomic E-state index is 0.163. The molecule has 3 aromatic rings. The van der Waals surface area contributed by atoms with Crippen LogP contribution in [-0.2, 0) is 18.3 Å². The van der Waals surface area contributed by atoms with Gasteiger partial charge in [-0.05, 0) is 56.9 Å². The number of nitrogens with zero attached hydrogens (tertiary/aromatic N) is 4. The van der Waals surface area contributed by atoms with Gasteiger partial charge in [-0.15, -0.1) is 5.10 Å². The number of fused-ring (bicyclic) bond motifs is 1. The highest BCUT2D eigenvalue weighted by molar-refractivity contribution is 5.99. The number of benzene rings is 2. The first-order valence-corrected chi connectivity index (χ1v) is 10.7. The van der Waals surface area contributed by atoms with Crippen molar-refractivity contribution in [2.24, 2.45) is 13.0 Å². The third-order valence-corrected chi connectivity index (χ3v) is 6.05. The van der Waals surface area contributed by atoms with Gasteiger partial charge in [0.1, 0.15) is 22.9 Å². The lowest BCUT2D eigenvalue weighted by molar-refractivity contribution is -0.120. The van der Waals surface area contributed by atoms with Crippen molar-refractivity contribution in [3.63, 3.8) is 0 Å². The lowest BCUT2D eigenvalue weighted by atomic mass is 9.92. The van der Waals surface area contributed by atoms with Gasteiger partial charge in [-0.2, -0.15) is 0 Å². The van der Waals surface area contributed by atoms with Crippen molar-refractivity contribution in [1.29, 1.82) is 0 Å². The summed E-state index contributed by atoms with van der Waals surface area (Å²) in [4.78, 5) is 15.1. The van der Waals surface area contributed by atoms with Crippen LogP contribution in [0.15, 0.2) is 42.6 Å². The van der Waals surface area contributed by atoms with Crippen LogP contribution in [0.5, 0.6) is 17.2 Å². The van der Waals surface area contributed by atoms with Crippen LogP contribution in [0.4, 0.5) is 5.69 Å². The molecule has 1 atom stereocenters. The molecular formula is C24H26N4O3. The van der Waals surface area contributed by atoms with Gasteiger partial charge in [-0.25, -0.2) is 0 Å². The molecule has 7 heteroatoms. The molecule has 0 radical (unpaired) electrons. The van der Waals surface area contributed by atoms with Gasteiger partial charge in [0.2, 0.25) is 5.91 Å². The minimum atomic E-state index is 0.163. The number of anilines is 1. The average Bonchev–Trinajstić information content (AvgIpc) is 3.54. The van der Waals surface area contributed by atoms with Crippen LogP contribution >= 0.6 is 0 Å². The highest BCUT2D eigenvalue weighted by atomic mass is 16.5. The van der Waals surface area contributed by atoms with Crippen molar-refractivity contribution in [2.75, 3.05) is 12.0 Å². The number of carbonyl (C=O) groups excluding carboxylic acids is 1. The van der Waals surface area contributed by atoms with Crippen molar-refractivity contribution in [3.05, 3.63) is 48.2 Å². The first-order chi connectivity index (χ1) is 15.0. The van der Waals surface area contributed by atoms with Crippen LogP contribution in [0, 0.1) is 5.92 Å². The summed E-state index contributed by atoms with van der Waals surface area (Å²) < 4.78 is 13.5. The summed E-state index contributed by atoms with van der Waals surface area (Å²) in [6, 6.07) is 11.7. The molecular weight excluding hydrogens is 392 g/mol. The summed E-state index contributed by atoms with van der Waals surface area (Å²) in [5.41, 5.74) is 3.59. The van der Waals surface area contributed by atoms with Crippen LogP contribution in [0.25, 0.3) is 11.3 Å². The Balaban J connectivity index is 1.64. The van der Waals surface area contributed by atoms with Gasteiger partial charge < -0.3 is 14.4 Å². The normalized spacial score (nSPS) is 17.9. The molecule has 2 heterocycles. The van der Waals surface area contributed by atoms with Gasteiger partial charge in [0.05, 0.1) is 19.0 Å². The molecule has 1 unspecified atom stereocenters. The molecule has 2 aromatic carbocycles. The molecule has 0 spiro atoms. The number of ether oxygens (including phenoxy) is 2. The maximum Gasteiger partial charge on any atom is 0.230 e. The Bertz CT molecular complexity index is 1140. The van der Waals surface area contributed by atoms with E-state index >= 15 is 0 Å². The first kappa shape index (κ1) is 19.6. The lowest BCUT2D eigenvalue weighted by Gasteiger charge is -2.36. The summed E-state index contributed by atoms with van der Waals surface area (Å²) in [7, 11) is 3.48. The standard InChI is InChI=1S/C24H26N4O3/c1-15-7-10-20-22(28(15)24(29)16-8-9-16)12-11-19(21-14-27(2)26-25-21)23(20)31-18-6-4-5-17(13-18)30-3/h4-6,11-16H,7-10H2,1-3H3. The third-order valence-electron chi connectivity index (χ3n) is 6.05. The average molecular weight is 418 g/mol. The molecule has 5 rings (SSSR count). The molecule has 1 aliphatic carbocycles. The van der Waals surface area contributed by atoms with Crippen molar-refractivity contribution in [2.45, 2.75) is 38.6 Å². The first-order valence-electron chi connectivity index (χ1n) is 10.7. The summed E-state index contributed by atoms with van der Waals surface area (Å²) >= 11 is 0. The molecule has 160 valence electrons. The largest absolute Gasteiger partial charge is 0.497 e. The zero-order valence-electron chi connectivity index (χ0n) is 18.0. The van der Waals surface area contributed by atoms with Crippen molar-refractivity contribution in [3.8, 4) is 28.5 Å². The quantitative estimate of drug-likeness (QED) is 0.616. The predicted molar refractivity (Wildman–Crippen MR) is 118 cm³/mol. The van der Waals surface area contributed by atoms with Gasteiger partial charge in [-0.1, -0.05) is 11.3 Å². The number of hydrogen-bond donors (Lipinski definition) is 0. The van der Waals surface area contributed by atoms with Crippen LogP contribution in [0.1, 0.15) is 31.7 Å². The van der Waals surface area contributed by atoms with Gasteiger partial charge >= 0.3 is 0 Å². The number of hydrogen-bond acceptors (Lipinski definition) is 5. The predicted octanol–water partition coefficient (Wildman–Crippen LogP) is 4.36. The second-order valence-corrected chi connectivity index (χ2v) is 8.37. The van der Waals surface area contributed by atoms with E-state index in [0.29, 0.717) is 5.75 Å². The minimum Gasteiger partial charge on any atom is -0.497 e. The Hall–Kier alpha value is -3.35. The van der Waals surface area contributed by atoms with E-state index in [2.05, 4.69) is 17.2 Å². The molecule has 2 aliphatic rings. The lowest BCUT2D eigenvalue weighted by Crippen LogP contribution is -2.43. The van der Waals surface area contributed by atoms with Crippen molar-refractivity contribution < 1.29 is 14.3 Å². The van der Waals surface area contributed by atoms with E-state index in [4.69, 9.17) is 9.47 Å². The number of methoxy groups -OCH3 is 1. The van der Waals surface area contributed by atoms with E-state index in [0.717, 1.165) is 59.7 Å².